The molecule has 0 aliphatic heterocycles. The predicted octanol–water partition coefficient (Wildman–Crippen LogP) is 4.81. The molecule has 2 aromatic heterocycles. The van der Waals surface area contributed by atoms with Crippen molar-refractivity contribution in [2.24, 2.45) is 0 Å². The number of aromatic nitrogens is 2. The number of rotatable bonds is 3. The van der Waals surface area contributed by atoms with Crippen LogP contribution >= 0.6 is 11.3 Å². The molecule has 0 spiro atoms. The highest BCUT2D eigenvalue weighted by Crippen LogP contribution is 2.30. The zero-order chi connectivity index (χ0) is 15.6. The maximum Gasteiger partial charge on any atom is 0.416 e. The SMILES string of the molecule is FC(F)(F)c1cccc(Cc2nc(-c3cccnc3)cs2)c1. The van der Waals surface area contributed by atoms with Crippen LogP contribution in [0.25, 0.3) is 11.3 Å². The molecule has 3 aromatic rings. The first-order valence-electron chi connectivity index (χ1n) is 6.53. The van der Waals surface area contributed by atoms with Gasteiger partial charge in [0.15, 0.2) is 0 Å². The summed E-state index contributed by atoms with van der Waals surface area (Å²) in [5.74, 6) is 0. The van der Waals surface area contributed by atoms with E-state index in [1.54, 1.807) is 18.5 Å². The number of alkyl halides is 3. The summed E-state index contributed by atoms with van der Waals surface area (Å²) in [4.78, 5) is 8.50. The lowest BCUT2D eigenvalue weighted by Crippen LogP contribution is -2.05. The number of hydrogen-bond donors (Lipinski definition) is 0. The van der Waals surface area contributed by atoms with Gasteiger partial charge in [-0.2, -0.15) is 13.2 Å². The molecule has 0 aliphatic rings. The van der Waals surface area contributed by atoms with E-state index in [9.17, 15) is 13.2 Å². The van der Waals surface area contributed by atoms with Crippen LogP contribution in [-0.4, -0.2) is 9.97 Å². The third kappa shape index (κ3) is 3.33. The van der Waals surface area contributed by atoms with Crippen molar-refractivity contribution in [3.8, 4) is 11.3 Å². The van der Waals surface area contributed by atoms with Gasteiger partial charge in [0.05, 0.1) is 16.3 Å². The van der Waals surface area contributed by atoms with E-state index in [1.165, 1.54) is 23.5 Å². The van der Waals surface area contributed by atoms with Crippen LogP contribution in [-0.2, 0) is 12.6 Å². The molecular weight excluding hydrogens is 309 g/mol. The third-order valence-electron chi connectivity index (χ3n) is 3.12. The first kappa shape index (κ1) is 14.7. The Hall–Kier alpha value is -2.21. The second-order valence-electron chi connectivity index (χ2n) is 4.74. The Labute approximate surface area is 129 Å². The Kier molecular flexibility index (Phi) is 3.94. The summed E-state index contributed by atoms with van der Waals surface area (Å²) in [5.41, 5.74) is 1.66. The Bertz CT molecular complexity index is 766. The van der Waals surface area contributed by atoms with Gasteiger partial charge in [-0.25, -0.2) is 4.98 Å². The van der Waals surface area contributed by atoms with Gasteiger partial charge in [0.2, 0.25) is 0 Å². The zero-order valence-electron chi connectivity index (χ0n) is 11.3. The minimum Gasteiger partial charge on any atom is -0.264 e. The Balaban J connectivity index is 1.81. The molecule has 0 aliphatic carbocycles. The van der Waals surface area contributed by atoms with Crippen molar-refractivity contribution >= 4 is 11.3 Å². The molecule has 0 saturated carbocycles. The average Bonchev–Trinajstić information content (AvgIpc) is 2.96. The van der Waals surface area contributed by atoms with Gasteiger partial charge in [0.1, 0.15) is 0 Å². The smallest absolute Gasteiger partial charge is 0.264 e. The van der Waals surface area contributed by atoms with Crippen molar-refractivity contribution in [1.29, 1.82) is 0 Å². The largest absolute Gasteiger partial charge is 0.416 e. The highest BCUT2D eigenvalue weighted by atomic mass is 32.1. The molecule has 0 saturated heterocycles. The maximum atomic E-state index is 12.7. The highest BCUT2D eigenvalue weighted by molar-refractivity contribution is 7.10. The van der Waals surface area contributed by atoms with Crippen LogP contribution in [0.5, 0.6) is 0 Å². The van der Waals surface area contributed by atoms with E-state index in [4.69, 9.17) is 0 Å². The number of pyridine rings is 1. The molecule has 22 heavy (non-hydrogen) atoms. The average molecular weight is 320 g/mol. The minimum atomic E-state index is -4.32. The normalized spacial score (nSPS) is 11.6. The monoisotopic (exact) mass is 320 g/mol. The Morgan fingerprint density at radius 3 is 2.68 bits per heavy atom. The zero-order valence-corrected chi connectivity index (χ0v) is 12.2. The number of hydrogen-bond acceptors (Lipinski definition) is 3. The van der Waals surface area contributed by atoms with Gasteiger partial charge < -0.3 is 0 Å². The number of nitrogens with zero attached hydrogens (tertiary/aromatic N) is 2. The first-order valence-corrected chi connectivity index (χ1v) is 7.41. The van der Waals surface area contributed by atoms with Crippen LogP contribution in [0.15, 0.2) is 54.2 Å². The number of halogens is 3. The number of benzene rings is 1. The molecule has 0 fully saturated rings. The van der Waals surface area contributed by atoms with Crippen molar-refractivity contribution in [1.82, 2.24) is 9.97 Å². The van der Waals surface area contributed by atoms with Gasteiger partial charge in [-0.15, -0.1) is 11.3 Å². The molecule has 0 radical (unpaired) electrons. The van der Waals surface area contributed by atoms with Crippen molar-refractivity contribution < 1.29 is 13.2 Å². The fourth-order valence-electron chi connectivity index (χ4n) is 2.07. The first-order chi connectivity index (χ1) is 10.5. The molecule has 0 atom stereocenters. The molecule has 1 aromatic carbocycles. The maximum absolute atomic E-state index is 12.7. The van der Waals surface area contributed by atoms with E-state index in [0.717, 1.165) is 22.3 Å². The summed E-state index contributed by atoms with van der Waals surface area (Å²) in [6.07, 6.45) is -0.545. The fourth-order valence-corrected chi connectivity index (χ4v) is 2.91. The summed E-state index contributed by atoms with van der Waals surface area (Å²) in [6.45, 7) is 0. The molecule has 6 heteroatoms. The van der Waals surface area contributed by atoms with Gasteiger partial charge in [-0.3, -0.25) is 4.98 Å². The molecule has 2 heterocycles. The van der Waals surface area contributed by atoms with Crippen LogP contribution in [0, 0.1) is 0 Å². The van der Waals surface area contributed by atoms with Crippen LogP contribution < -0.4 is 0 Å². The Morgan fingerprint density at radius 2 is 1.95 bits per heavy atom. The van der Waals surface area contributed by atoms with Crippen molar-refractivity contribution in [2.45, 2.75) is 12.6 Å². The Morgan fingerprint density at radius 1 is 1.09 bits per heavy atom. The summed E-state index contributed by atoms with van der Waals surface area (Å²) in [7, 11) is 0. The topological polar surface area (TPSA) is 25.8 Å². The lowest BCUT2D eigenvalue weighted by atomic mass is 10.1. The molecule has 112 valence electrons. The van der Waals surface area contributed by atoms with Crippen LogP contribution in [0.4, 0.5) is 13.2 Å². The second-order valence-corrected chi connectivity index (χ2v) is 5.69. The quantitative estimate of drug-likeness (QED) is 0.692. The summed E-state index contributed by atoms with van der Waals surface area (Å²) >= 11 is 1.43. The van der Waals surface area contributed by atoms with Gasteiger partial charge in [-0.1, -0.05) is 18.2 Å². The molecule has 2 nitrogen and oxygen atoms in total. The summed E-state index contributed by atoms with van der Waals surface area (Å²) < 4.78 is 38.1. The van der Waals surface area contributed by atoms with E-state index < -0.39 is 11.7 Å². The standard InChI is InChI=1S/C16H11F3N2S/c17-16(18,19)13-5-1-3-11(7-13)8-15-21-14(10-22-15)12-4-2-6-20-9-12/h1-7,9-10H,8H2. The van der Waals surface area contributed by atoms with Crippen molar-refractivity contribution in [3.05, 3.63) is 70.3 Å². The van der Waals surface area contributed by atoms with Gasteiger partial charge in [0.25, 0.3) is 0 Å². The molecule has 0 N–H and O–H groups in total. The molecule has 0 bridgehead atoms. The van der Waals surface area contributed by atoms with Crippen molar-refractivity contribution in [2.75, 3.05) is 0 Å². The number of thiazole rings is 1. The van der Waals surface area contributed by atoms with Crippen LogP contribution in [0.3, 0.4) is 0 Å². The van der Waals surface area contributed by atoms with E-state index in [2.05, 4.69) is 9.97 Å². The van der Waals surface area contributed by atoms with Gasteiger partial charge in [0, 0.05) is 29.8 Å². The lowest BCUT2D eigenvalue weighted by Gasteiger charge is -2.07. The summed E-state index contributed by atoms with van der Waals surface area (Å²) in [6, 6.07) is 9.07. The fraction of sp³-hybridized carbons (Fsp3) is 0.125. The second kappa shape index (κ2) is 5.88. The minimum absolute atomic E-state index is 0.384. The molecular formula is C16H11F3N2S. The molecule has 0 unspecified atom stereocenters. The van der Waals surface area contributed by atoms with E-state index in [-0.39, 0.29) is 0 Å². The van der Waals surface area contributed by atoms with E-state index >= 15 is 0 Å². The molecule has 0 amide bonds. The highest BCUT2D eigenvalue weighted by Gasteiger charge is 2.30. The van der Waals surface area contributed by atoms with Gasteiger partial charge in [-0.05, 0) is 23.8 Å². The third-order valence-corrected chi connectivity index (χ3v) is 3.97. The predicted molar refractivity (Wildman–Crippen MR) is 79.6 cm³/mol. The van der Waals surface area contributed by atoms with E-state index in [0.29, 0.717) is 12.0 Å². The van der Waals surface area contributed by atoms with E-state index in [1.807, 2.05) is 17.5 Å². The summed E-state index contributed by atoms with van der Waals surface area (Å²) in [5, 5.41) is 2.66. The molecule has 3 rings (SSSR count). The lowest BCUT2D eigenvalue weighted by molar-refractivity contribution is -0.137. The van der Waals surface area contributed by atoms with Crippen LogP contribution in [0.1, 0.15) is 16.1 Å². The van der Waals surface area contributed by atoms with Crippen molar-refractivity contribution in [3.63, 3.8) is 0 Å². The van der Waals surface area contributed by atoms with Crippen LogP contribution in [0.2, 0.25) is 0 Å². The van der Waals surface area contributed by atoms with Gasteiger partial charge >= 0.3 is 6.18 Å².